The van der Waals surface area contributed by atoms with Gasteiger partial charge in [0, 0.05) is 54.3 Å². The number of rotatable bonds is 3. The third-order valence-electron chi connectivity index (χ3n) is 7.80. The van der Waals surface area contributed by atoms with Gasteiger partial charge in [0.2, 0.25) is 0 Å². The van der Waals surface area contributed by atoms with Crippen LogP contribution in [0.4, 0.5) is 0 Å². The third-order valence-corrected chi connectivity index (χ3v) is 8.94. The maximum atomic E-state index is 6.19. The summed E-state index contributed by atoms with van der Waals surface area (Å²) in [6.45, 7) is 0. The first-order valence-corrected chi connectivity index (χ1v) is 14.5. The first kappa shape index (κ1) is 23.3. The number of fused-ring (bicyclic) bond motifs is 7. The van der Waals surface area contributed by atoms with Crippen molar-refractivity contribution in [3.05, 3.63) is 121 Å². The summed E-state index contributed by atoms with van der Waals surface area (Å²) < 4.78 is 8.62. The van der Waals surface area contributed by atoms with Crippen molar-refractivity contribution in [2.45, 2.75) is 0 Å². The van der Waals surface area contributed by atoms with Crippen LogP contribution < -0.4 is 0 Å². The first-order valence-electron chi connectivity index (χ1n) is 13.7. The Bertz CT molecular complexity index is 2490. The molecule has 0 aliphatic carbocycles. The molecule has 4 heterocycles. The van der Waals surface area contributed by atoms with E-state index in [4.69, 9.17) is 24.4 Å². The molecule has 0 aliphatic rings. The van der Waals surface area contributed by atoms with Crippen LogP contribution in [-0.2, 0) is 0 Å². The average molecular weight is 557 g/mol. The Labute approximate surface area is 243 Å². The van der Waals surface area contributed by atoms with Crippen molar-refractivity contribution >= 4 is 64.2 Å². The molecule has 6 heteroatoms. The van der Waals surface area contributed by atoms with Crippen molar-refractivity contribution in [2.24, 2.45) is 0 Å². The molecule has 9 aromatic rings. The number of nitrogens with zero attached hydrogens (tertiary/aromatic N) is 4. The van der Waals surface area contributed by atoms with Gasteiger partial charge < -0.3 is 4.42 Å². The minimum absolute atomic E-state index is 0.502. The van der Waals surface area contributed by atoms with Crippen LogP contribution in [0.1, 0.15) is 0 Å². The number of hydrogen-bond acceptors (Lipinski definition) is 6. The fourth-order valence-electron chi connectivity index (χ4n) is 5.86. The molecule has 0 bridgehead atoms. The summed E-state index contributed by atoms with van der Waals surface area (Å²) in [6, 6.07) is 39.3. The highest BCUT2D eigenvalue weighted by Crippen LogP contribution is 2.40. The number of aromatic nitrogens is 4. The minimum Gasteiger partial charge on any atom is -0.456 e. The molecular formula is C36H20N4OS. The van der Waals surface area contributed by atoms with E-state index in [1.165, 1.54) is 14.8 Å². The molecule has 0 radical (unpaired) electrons. The van der Waals surface area contributed by atoms with Gasteiger partial charge >= 0.3 is 0 Å². The molecule has 0 spiro atoms. The standard InChI is InChI=1S/C36H20N4OS/c1-2-11-22-21(9-1)10-7-14-24(22)34-38-35(26-15-8-18-32-33(26)25-13-4-6-17-31(25)42-32)40-36(39-34)28-19-30-27(20-37-28)23-12-3-5-16-29(23)41-30/h1-20H. The lowest BCUT2D eigenvalue weighted by Gasteiger charge is -2.11. The fourth-order valence-corrected chi connectivity index (χ4v) is 6.99. The molecule has 0 fully saturated rings. The normalized spacial score (nSPS) is 11.8. The van der Waals surface area contributed by atoms with Crippen LogP contribution in [0, 0.1) is 0 Å². The van der Waals surface area contributed by atoms with Gasteiger partial charge in [-0.3, -0.25) is 4.98 Å². The molecule has 0 aliphatic heterocycles. The predicted molar refractivity (Wildman–Crippen MR) is 172 cm³/mol. The van der Waals surface area contributed by atoms with Gasteiger partial charge in [-0.05, 0) is 29.0 Å². The summed E-state index contributed by atoms with van der Waals surface area (Å²) in [7, 11) is 0. The Morgan fingerprint density at radius 2 is 1.17 bits per heavy atom. The highest BCUT2D eigenvalue weighted by atomic mass is 32.1. The van der Waals surface area contributed by atoms with Crippen LogP contribution in [0.5, 0.6) is 0 Å². The average Bonchev–Trinajstić information content (AvgIpc) is 3.62. The van der Waals surface area contributed by atoms with Gasteiger partial charge in [-0.1, -0.05) is 91.0 Å². The van der Waals surface area contributed by atoms with Crippen LogP contribution in [0.3, 0.4) is 0 Å². The van der Waals surface area contributed by atoms with E-state index in [0.29, 0.717) is 23.2 Å². The van der Waals surface area contributed by atoms with Crippen molar-refractivity contribution in [3.8, 4) is 34.3 Å². The molecule has 0 saturated heterocycles. The van der Waals surface area contributed by atoms with Gasteiger partial charge in [-0.25, -0.2) is 15.0 Å². The van der Waals surface area contributed by atoms with Crippen LogP contribution in [-0.4, -0.2) is 19.9 Å². The molecule has 5 nitrogen and oxygen atoms in total. The van der Waals surface area contributed by atoms with Crippen molar-refractivity contribution in [1.29, 1.82) is 0 Å². The van der Waals surface area contributed by atoms with E-state index >= 15 is 0 Å². The lowest BCUT2D eigenvalue weighted by atomic mass is 10.0. The van der Waals surface area contributed by atoms with Gasteiger partial charge in [0.1, 0.15) is 16.9 Å². The third kappa shape index (κ3) is 3.56. The summed E-state index contributed by atoms with van der Waals surface area (Å²) in [5, 5.41) is 6.57. The zero-order chi connectivity index (χ0) is 27.6. The topological polar surface area (TPSA) is 64.7 Å². The lowest BCUT2D eigenvalue weighted by molar-refractivity contribution is 0.668. The van der Waals surface area contributed by atoms with E-state index in [1.54, 1.807) is 11.3 Å². The Kier molecular flexibility index (Phi) is 5.00. The second-order valence-electron chi connectivity index (χ2n) is 10.3. The van der Waals surface area contributed by atoms with E-state index in [9.17, 15) is 0 Å². The maximum absolute atomic E-state index is 6.19. The number of para-hydroxylation sites is 1. The van der Waals surface area contributed by atoms with Crippen LogP contribution >= 0.6 is 11.3 Å². The number of pyridine rings is 1. The molecule has 9 rings (SSSR count). The molecule has 42 heavy (non-hydrogen) atoms. The monoisotopic (exact) mass is 556 g/mol. The minimum atomic E-state index is 0.502. The van der Waals surface area contributed by atoms with E-state index in [1.807, 2.05) is 54.7 Å². The van der Waals surface area contributed by atoms with Gasteiger partial charge in [0.15, 0.2) is 17.5 Å². The van der Waals surface area contributed by atoms with Gasteiger partial charge in [0.05, 0.1) is 0 Å². The van der Waals surface area contributed by atoms with E-state index in [2.05, 4.69) is 66.7 Å². The van der Waals surface area contributed by atoms with Gasteiger partial charge in [-0.2, -0.15) is 0 Å². The summed E-state index contributed by atoms with van der Waals surface area (Å²) in [5.74, 6) is 1.72. The predicted octanol–water partition coefficient (Wildman–Crippen LogP) is 9.69. The Morgan fingerprint density at radius 3 is 2.10 bits per heavy atom. The Hall–Kier alpha value is -5.46. The van der Waals surface area contributed by atoms with Crippen LogP contribution in [0.15, 0.2) is 126 Å². The maximum Gasteiger partial charge on any atom is 0.182 e. The van der Waals surface area contributed by atoms with Gasteiger partial charge in [-0.15, -0.1) is 11.3 Å². The van der Waals surface area contributed by atoms with Crippen LogP contribution in [0.25, 0.3) is 87.2 Å². The number of benzene rings is 5. The fraction of sp³-hybridized carbons (Fsp3) is 0. The van der Waals surface area contributed by atoms with Crippen molar-refractivity contribution in [1.82, 2.24) is 19.9 Å². The second-order valence-corrected chi connectivity index (χ2v) is 11.4. The largest absolute Gasteiger partial charge is 0.456 e. The van der Waals surface area contributed by atoms with Crippen molar-refractivity contribution < 1.29 is 4.42 Å². The van der Waals surface area contributed by atoms with E-state index in [0.717, 1.165) is 49.2 Å². The quantitative estimate of drug-likeness (QED) is 0.217. The Balaban J connectivity index is 1.33. The van der Waals surface area contributed by atoms with Gasteiger partial charge in [0.25, 0.3) is 0 Å². The van der Waals surface area contributed by atoms with Crippen molar-refractivity contribution in [2.75, 3.05) is 0 Å². The zero-order valence-corrected chi connectivity index (χ0v) is 23.0. The Morgan fingerprint density at radius 1 is 0.500 bits per heavy atom. The number of thiophene rings is 1. The molecule has 0 saturated carbocycles. The number of hydrogen-bond donors (Lipinski definition) is 0. The molecule has 0 amide bonds. The molecule has 0 N–H and O–H groups in total. The summed E-state index contributed by atoms with van der Waals surface area (Å²) >= 11 is 1.78. The molecule has 0 unspecified atom stereocenters. The molecule has 5 aromatic carbocycles. The summed E-state index contributed by atoms with van der Waals surface area (Å²) in [6.07, 6.45) is 1.85. The first-order chi connectivity index (χ1) is 20.8. The highest BCUT2D eigenvalue weighted by Gasteiger charge is 2.19. The molecule has 4 aromatic heterocycles. The molecule has 0 atom stereocenters. The van der Waals surface area contributed by atoms with E-state index < -0.39 is 0 Å². The SMILES string of the molecule is c1ccc2c(-c3nc(-c4cc5oc6ccccc6c5cn4)nc(-c4cccc5sc6ccccc6c45)n3)cccc2c1. The summed E-state index contributed by atoms with van der Waals surface area (Å²) in [4.78, 5) is 20.0. The summed E-state index contributed by atoms with van der Waals surface area (Å²) in [5.41, 5.74) is 4.13. The number of furan rings is 1. The molecular weight excluding hydrogens is 536 g/mol. The van der Waals surface area contributed by atoms with E-state index in [-0.39, 0.29) is 0 Å². The second kappa shape index (κ2) is 9.03. The smallest absolute Gasteiger partial charge is 0.182 e. The van der Waals surface area contributed by atoms with Crippen molar-refractivity contribution in [3.63, 3.8) is 0 Å². The highest BCUT2D eigenvalue weighted by molar-refractivity contribution is 7.25. The lowest BCUT2D eigenvalue weighted by Crippen LogP contribution is -2.01. The zero-order valence-electron chi connectivity index (χ0n) is 22.2. The molecule has 196 valence electrons. The van der Waals surface area contributed by atoms with Crippen LogP contribution in [0.2, 0.25) is 0 Å².